The lowest BCUT2D eigenvalue weighted by Gasteiger charge is -2.59. The molecule has 0 spiro atoms. The second kappa shape index (κ2) is 20.6. The van der Waals surface area contributed by atoms with Crippen molar-refractivity contribution in [3.8, 4) is 11.5 Å². The summed E-state index contributed by atoms with van der Waals surface area (Å²) in [5.74, 6) is 0.406. The van der Waals surface area contributed by atoms with E-state index in [2.05, 4.69) is 49.1 Å². The topological polar surface area (TPSA) is 119 Å². The van der Waals surface area contributed by atoms with E-state index in [-0.39, 0.29) is 50.5 Å². The first kappa shape index (κ1) is 43.3. The zero-order valence-electron chi connectivity index (χ0n) is 34.7. The molecule has 2 N–H and O–H groups in total. The number of aliphatic hydroxyl groups excluding tert-OH is 2. The molecule has 318 valence electrons. The van der Waals surface area contributed by atoms with E-state index in [0.29, 0.717) is 25.2 Å². The Labute approximate surface area is 358 Å². The van der Waals surface area contributed by atoms with Crippen LogP contribution in [0.25, 0.3) is 10.8 Å². The van der Waals surface area contributed by atoms with Gasteiger partial charge in [0, 0.05) is 41.8 Å². The van der Waals surface area contributed by atoms with E-state index >= 15 is 0 Å². The number of carbonyl (C=O) groups excluding carboxylic acids is 1. The normalized spacial score (nSPS) is 23.5. The lowest BCUT2D eigenvalue weighted by atomic mass is 9.55. The molecule has 1 amide bonds. The second-order valence-electron chi connectivity index (χ2n) is 15.7. The summed E-state index contributed by atoms with van der Waals surface area (Å²) in [7, 11) is 2.96. The number of allylic oxidation sites excluding steroid dienone is 1. The molecule has 4 aromatic carbocycles. The van der Waals surface area contributed by atoms with E-state index in [4.69, 9.17) is 28.9 Å². The van der Waals surface area contributed by atoms with Gasteiger partial charge in [0.05, 0.1) is 38.5 Å². The quantitative estimate of drug-likeness (QED) is 0.0389. The molecule has 1 heterocycles. The number of oxime groups is 1. The number of ether oxygens (including phenoxy) is 4. The second-order valence-corrected chi connectivity index (χ2v) is 16.9. The number of hydrogen-bond acceptors (Lipinski definition) is 10. The first-order valence-electron chi connectivity index (χ1n) is 21.2. The van der Waals surface area contributed by atoms with Gasteiger partial charge in [-0.1, -0.05) is 90.8 Å². The van der Waals surface area contributed by atoms with Gasteiger partial charge in [0.15, 0.2) is 0 Å². The van der Waals surface area contributed by atoms with Gasteiger partial charge in [-0.05, 0) is 89.8 Å². The van der Waals surface area contributed by atoms with Crippen molar-refractivity contribution in [1.82, 2.24) is 4.90 Å². The number of methoxy groups -OCH3 is 1. The molecule has 1 fully saturated rings. The minimum atomic E-state index is -1.40. The third-order valence-electron chi connectivity index (χ3n) is 12.2. The number of fused-ring (bicyclic) bond motifs is 3. The maximum absolute atomic E-state index is 14.3. The van der Waals surface area contributed by atoms with Crippen molar-refractivity contribution in [2.45, 2.75) is 74.1 Å². The molecular formula is C49H58N2O8S. The Balaban J connectivity index is 1.38. The molecule has 3 aliphatic rings. The van der Waals surface area contributed by atoms with Crippen LogP contribution < -0.4 is 9.47 Å². The Morgan fingerprint density at radius 3 is 2.50 bits per heavy atom. The Morgan fingerprint density at radius 2 is 1.73 bits per heavy atom. The minimum Gasteiger partial charge on any atom is -0.493 e. The Hall–Kier alpha value is -4.81. The zero-order chi connectivity index (χ0) is 41.9. The zero-order valence-corrected chi connectivity index (χ0v) is 35.6. The summed E-state index contributed by atoms with van der Waals surface area (Å²) in [5, 5.41) is 26.6. The summed E-state index contributed by atoms with van der Waals surface area (Å²) < 4.78 is 26.5. The highest BCUT2D eigenvalue weighted by Gasteiger charge is 2.65. The van der Waals surface area contributed by atoms with Crippen LogP contribution in [0.5, 0.6) is 11.5 Å². The summed E-state index contributed by atoms with van der Waals surface area (Å²) in [5.41, 5.74) is 3.66. The van der Waals surface area contributed by atoms with Crippen LogP contribution in [0.2, 0.25) is 0 Å². The van der Waals surface area contributed by atoms with Crippen LogP contribution in [0.15, 0.2) is 125 Å². The standard InChI is InChI=1S/C49H58N2O8S/c1-4-27-58-49-45(51(48(54)55-2)33-36-18-14-17-34-15-8-9-21-39(34)36)32-43(50-56-3)41-30-35(16-10-12-25-52)40(22-11-13-26-53)46(47(41)49)42-31-37(23-24-44(42)59-49)57-28-29-60-38-19-6-5-7-20-38/h4-9,14-15,17-21,23-24,30-31,35,40,45-47,52-53H,1,10-13,16,22,25-29,32-33H2,2-3H3. The SMILES string of the molecule is C=CCOC12Oc3ccc(OCCSc4ccccc4)cc3C3C(CCCCO)C(CCCCO)C=C(C(=NOC)CC1N(Cc1cccc4ccccc14)C(=O)OC)C32. The third kappa shape index (κ3) is 9.24. The van der Waals surface area contributed by atoms with E-state index in [1.54, 1.807) is 29.8 Å². The van der Waals surface area contributed by atoms with Gasteiger partial charge in [0.2, 0.25) is 5.79 Å². The van der Waals surface area contributed by atoms with Gasteiger partial charge in [0.1, 0.15) is 24.7 Å². The molecular weight excluding hydrogens is 777 g/mol. The average molecular weight is 835 g/mol. The molecule has 0 bridgehead atoms. The van der Waals surface area contributed by atoms with Crippen LogP contribution in [-0.2, 0) is 20.9 Å². The van der Waals surface area contributed by atoms with Crippen molar-refractivity contribution in [3.63, 3.8) is 0 Å². The van der Waals surface area contributed by atoms with Crippen LogP contribution >= 0.6 is 11.8 Å². The number of unbranched alkanes of at least 4 members (excludes halogenated alkanes) is 2. The summed E-state index contributed by atoms with van der Waals surface area (Å²) >= 11 is 1.75. The van der Waals surface area contributed by atoms with E-state index in [1.807, 2.05) is 54.6 Å². The Kier molecular flexibility index (Phi) is 14.9. The molecule has 1 saturated carbocycles. The van der Waals surface area contributed by atoms with Gasteiger partial charge >= 0.3 is 6.09 Å². The first-order chi connectivity index (χ1) is 29.5. The summed E-state index contributed by atoms with van der Waals surface area (Å²) in [4.78, 5) is 22.9. The van der Waals surface area contributed by atoms with Crippen LogP contribution in [0.3, 0.4) is 0 Å². The summed E-state index contributed by atoms with van der Waals surface area (Å²) in [6, 6.07) is 29.9. The van der Waals surface area contributed by atoms with Gasteiger partial charge in [-0.3, -0.25) is 4.90 Å². The van der Waals surface area contributed by atoms with Crippen LogP contribution in [-0.4, -0.2) is 85.1 Å². The fourth-order valence-electron chi connectivity index (χ4n) is 9.72. The van der Waals surface area contributed by atoms with Crippen molar-refractivity contribution in [1.29, 1.82) is 0 Å². The van der Waals surface area contributed by atoms with Crippen molar-refractivity contribution >= 4 is 34.3 Å². The number of aliphatic hydroxyl groups is 2. The highest BCUT2D eigenvalue weighted by Crippen LogP contribution is 2.62. The highest BCUT2D eigenvalue weighted by molar-refractivity contribution is 7.99. The lowest BCUT2D eigenvalue weighted by molar-refractivity contribution is -0.256. The molecule has 2 aliphatic carbocycles. The van der Waals surface area contributed by atoms with Gasteiger partial charge in [-0.15, -0.1) is 18.3 Å². The van der Waals surface area contributed by atoms with Gasteiger partial charge in [0.25, 0.3) is 0 Å². The van der Waals surface area contributed by atoms with Crippen molar-refractivity contribution in [2.24, 2.45) is 22.9 Å². The van der Waals surface area contributed by atoms with Gasteiger partial charge in [-0.2, -0.15) is 0 Å². The maximum Gasteiger partial charge on any atom is 0.410 e. The minimum absolute atomic E-state index is 0.0921. The van der Waals surface area contributed by atoms with Crippen LogP contribution in [0.4, 0.5) is 4.79 Å². The first-order valence-corrected chi connectivity index (χ1v) is 22.2. The largest absolute Gasteiger partial charge is 0.493 e. The number of hydrogen-bond donors (Lipinski definition) is 2. The van der Waals surface area contributed by atoms with E-state index in [9.17, 15) is 15.0 Å². The number of nitrogens with zero attached hydrogens (tertiary/aromatic N) is 2. The van der Waals surface area contributed by atoms with Crippen molar-refractivity contribution in [3.05, 3.63) is 126 Å². The van der Waals surface area contributed by atoms with Crippen molar-refractivity contribution in [2.75, 3.05) is 46.4 Å². The predicted octanol–water partition coefficient (Wildman–Crippen LogP) is 9.54. The highest BCUT2D eigenvalue weighted by atomic mass is 32.2. The monoisotopic (exact) mass is 834 g/mol. The number of thioether (sulfide) groups is 1. The molecule has 6 atom stereocenters. The average Bonchev–Trinajstić information content (AvgIpc) is 3.28. The van der Waals surface area contributed by atoms with E-state index < -0.39 is 23.8 Å². The molecule has 60 heavy (non-hydrogen) atoms. The van der Waals surface area contributed by atoms with E-state index in [0.717, 1.165) is 70.4 Å². The number of carbonyl (C=O) groups is 1. The molecule has 6 unspecified atom stereocenters. The Bertz CT molecular complexity index is 2120. The summed E-state index contributed by atoms with van der Waals surface area (Å²) in [6.45, 7) is 5.18. The maximum atomic E-state index is 14.3. The molecule has 0 aromatic heterocycles. The van der Waals surface area contributed by atoms with Crippen molar-refractivity contribution < 1.29 is 38.8 Å². The molecule has 7 rings (SSSR count). The number of benzene rings is 4. The van der Waals surface area contributed by atoms with E-state index in [1.165, 1.54) is 12.0 Å². The van der Waals surface area contributed by atoms with Gasteiger partial charge in [-0.25, -0.2) is 4.79 Å². The van der Waals surface area contributed by atoms with Crippen LogP contribution in [0.1, 0.15) is 62.0 Å². The molecule has 0 saturated heterocycles. The number of amides is 1. The smallest absolute Gasteiger partial charge is 0.410 e. The third-order valence-corrected chi connectivity index (χ3v) is 13.2. The Morgan fingerprint density at radius 1 is 0.967 bits per heavy atom. The fraction of sp³-hybridized carbons (Fsp3) is 0.429. The molecule has 4 aromatic rings. The van der Waals surface area contributed by atoms with Gasteiger partial charge < -0.3 is 34.0 Å². The molecule has 11 heteroatoms. The molecule has 0 radical (unpaired) electrons. The lowest BCUT2D eigenvalue weighted by Crippen LogP contribution is -2.70. The predicted molar refractivity (Wildman–Crippen MR) is 237 cm³/mol. The molecule has 10 nitrogen and oxygen atoms in total. The fourth-order valence-corrected chi connectivity index (χ4v) is 10.5. The van der Waals surface area contributed by atoms with Crippen LogP contribution in [0, 0.1) is 17.8 Å². The summed E-state index contributed by atoms with van der Waals surface area (Å²) in [6.07, 6.45) is 8.57. The number of rotatable bonds is 20. The molecule has 1 aliphatic heterocycles.